The van der Waals surface area contributed by atoms with Gasteiger partial charge < -0.3 is 14.7 Å². The number of hydrogen-bond acceptors (Lipinski definition) is 5. The van der Waals surface area contributed by atoms with Crippen molar-refractivity contribution >= 4 is 17.4 Å². The van der Waals surface area contributed by atoms with Gasteiger partial charge in [-0.15, -0.1) is 0 Å². The zero-order valence-corrected chi connectivity index (χ0v) is 9.89. The second kappa shape index (κ2) is 5.32. The van der Waals surface area contributed by atoms with Crippen molar-refractivity contribution in [3.63, 3.8) is 0 Å². The van der Waals surface area contributed by atoms with Crippen LogP contribution in [0.1, 0.15) is 5.56 Å². The average molecular weight is 254 g/mol. The quantitative estimate of drug-likeness (QED) is 0.790. The summed E-state index contributed by atoms with van der Waals surface area (Å²) in [6, 6.07) is 5.08. The maximum Gasteiger partial charge on any atom is 0.132 e. The summed E-state index contributed by atoms with van der Waals surface area (Å²) in [5.41, 5.74) is 0.461. The number of rotatable bonds is 2. The Morgan fingerprint density at radius 2 is 2.47 bits per heavy atom. The first-order chi connectivity index (χ1) is 8.24. The second-order valence-electron chi connectivity index (χ2n) is 3.75. The zero-order valence-electron chi connectivity index (χ0n) is 9.14. The van der Waals surface area contributed by atoms with E-state index >= 15 is 0 Å². The van der Waals surface area contributed by atoms with E-state index in [1.54, 1.807) is 6.07 Å². The fraction of sp³-hybridized carbons (Fsp3) is 0.455. The normalized spacial score (nSPS) is 20.1. The molecule has 5 nitrogen and oxygen atoms in total. The summed E-state index contributed by atoms with van der Waals surface area (Å²) in [5, 5.41) is 18.4. The lowest BCUT2D eigenvalue weighted by Gasteiger charge is -2.35. The van der Waals surface area contributed by atoms with Crippen LogP contribution in [0.4, 0.5) is 5.82 Å². The van der Waals surface area contributed by atoms with Crippen molar-refractivity contribution in [3.05, 3.63) is 22.8 Å². The van der Waals surface area contributed by atoms with Crippen LogP contribution in [-0.2, 0) is 4.74 Å². The molecule has 2 heterocycles. The van der Waals surface area contributed by atoms with Crippen molar-refractivity contribution in [1.82, 2.24) is 4.98 Å². The summed E-state index contributed by atoms with van der Waals surface area (Å²) >= 11 is 5.86. The third-order valence-electron chi connectivity index (χ3n) is 2.64. The number of nitrogens with zero attached hydrogens (tertiary/aromatic N) is 3. The van der Waals surface area contributed by atoms with Crippen LogP contribution < -0.4 is 4.90 Å². The summed E-state index contributed by atoms with van der Waals surface area (Å²) in [4.78, 5) is 6.09. The van der Waals surface area contributed by atoms with Gasteiger partial charge in [-0.25, -0.2) is 4.98 Å². The molecular formula is C11H12ClN3O2. The lowest BCUT2D eigenvalue weighted by atomic mass is 10.2. The van der Waals surface area contributed by atoms with Crippen LogP contribution in [0.3, 0.4) is 0 Å². The number of halogens is 1. The van der Waals surface area contributed by atoms with Crippen molar-refractivity contribution in [1.29, 1.82) is 5.26 Å². The van der Waals surface area contributed by atoms with Crippen LogP contribution in [0.5, 0.6) is 0 Å². The zero-order chi connectivity index (χ0) is 12.3. The number of anilines is 1. The standard InChI is InChI=1S/C11H12ClN3O2/c12-10-3-8(5-13)4-11(14-10)15-1-2-17-7-9(15)6-16/h3-4,9,16H,1-2,6-7H2. The van der Waals surface area contributed by atoms with Gasteiger partial charge in [0.05, 0.1) is 37.5 Å². The van der Waals surface area contributed by atoms with Crippen LogP contribution in [0.2, 0.25) is 5.15 Å². The molecule has 1 atom stereocenters. The van der Waals surface area contributed by atoms with Crippen LogP contribution in [0, 0.1) is 11.3 Å². The van der Waals surface area contributed by atoms with E-state index in [4.69, 9.17) is 21.6 Å². The van der Waals surface area contributed by atoms with Gasteiger partial charge in [0, 0.05) is 6.54 Å². The first-order valence-corrected chi connectivity index (χ1v) is 5.65. The lowest BCUT2D eigenvalue weighted by molar-refractivity contribution is 0.0723. The van der Waals surface area contributed by atoms with Gasteiger partial charge in [0.1, 0.15) is 11.0 Å². The molecule has 1 aliphatic rings. The molecule has 2 rings (SSSR count). The molecule has 1 aromatic heterocycles. The minimum Gasteiger partial charge on any atom is -0.394 e. The van der Waals surface area contributed by atoms with E-state index in [1.807, 2.05) is 11.0 Å². The monoisotopic (exact) mass is 253 g/mol. The van der Waals surface area contributed by atoms with Gasteiger partial charge in [-0.1, -0.05) is 11.6 Å². The van der Waals surface area contributed by atoms with Gasteiger partial charge in [0.2, 0.25) is 0 Å². The van der Waals surface area contributed by atoms with Crippen molar-refractivity contribution in [3.8, 4) is 6.07 Å². The van der Waals surface area contributed by atoms with Crippen molar-refractivity contribution in [2.75, 3.05) is 31.3 Å². The third kappa shape index (κ3) is 2.67. The fourth-order valence-electron chi connectivity index (χ4n) is 1.80. The molecular weight excluding hydrogens is 242 g/mol. The van der Waals surface area contributed by atoms with E-state index in [-0.39, 0.29) is 17.8 Å². The molecule has 6 heteroatoms. The van der Waals surface area contributed by atoms with E-state index in [2.05, 4.69) is 4.98 Å². The van der Waals surface area contributed by atoms with Gasteiger partial charge in [-0.3, -0.25) is 0 Å². The van der Waals surface area contributed by atoms with Gasteiger partial charge in [-0.05, 0) is 12.1 Å². The van der Waals surface area contributed by atoms with E-state index in [9.17, 15) is 5.11 Å². The van der Waals surface area contributed by atoms with Gasteiger partial charge in [-0.2, -0.15) is 5.26 Å². The molecule has 1 aliphatic heterocycles. The predicted octanol–water partition coefficient (Wildman–Crippen LogP) is 0.804. The lowest BCUT2D eigenvalue weighted by Crippen LogP contribution is -2.48. The van der Waals surface area contributed by atoms with E-state index in [1.165, 1.54) is 6.07 Å². The molecule has 0 aromatic carbocycles. The number of ether oxygens (including phenoxy) is 1. The molecule has 0 amide bonds. The minimum absolute atomic E-state index is 0.0178. The highest BCUT2D eigenvalue weighted by Crippen LogP contribution is 2.21. The Balaban J connectivity index is 2.31. The molecule has 1 N–H and O–H groups in total. The van der Waals surface area contributed by atoms with Gasteiger partial charge in [0.15, 0.2) is 0 Å². The SMILES string of the molecule is N#Cc1cc(Cl)nc(N2CCOCC2CO)c1. The highest BCUT2D eigenvalue weighted by molar-refractivity contribution is 6.29. The maximum absolute atomic E-state index is 9.27. The summed E-state index contributed by atoms with van der Waals surface area (Å²) < 4.78 is 5.28. The van der Waals surface area contributed by atoms with E-state index < -0.39 is 0 Å². The maximum atomic E-state index is 9.27. The number of morpholine rings is 1. The number of aromatic nitrogens is 1. The van der Waals surface area contributed by atoms with Crippen LogP contribution >= 0.6 is 11.6 Å². The molecule has 0 aliphatic carbocycles. The molecule has 1 unspecified atom stereocenters. The first kappa shape index (κ1) is 12.1. The van der Waals surface area contributed by atoms with Crippen molar-refractivity contribution < 1.29 is 9.84 Å². The Hall–Kier alpha value is -1.35. The molecule has 0 saturated carbocycles. The van der Waals surface area contributed by atoms with E-state index in [0.717, 1.165) is 0 Å². The predicted molar refractivity (Wildman–Crippen MR) is 63.0 cm³/mol. The summed E-state index contributed by atoms with van der Waals surface area (Å²) in [7, 11) is 0. The molecule has 0 radical (unpaired) electrons. The number of nitriles is 1. The van der Waals surface area contributed by atoms with Crippen LogP contribution in [-0.4, -0.2) is 42.5 Å². The minimum atomic E-state index is -0.138. The fourth-order valence-corrected chi connectivity index (χ4v) is 2.01. The van der Waals surface area contributed by atoms with Crippen molar-refractivity contribution in [2.24, 2.45) is 0 Å². The summed E-state index contributed by atoms with van der Waals surface area (Å²) in [6.45, 7) is 1.64. The molecule has 17 heavy (non-hydrogen) atoms. The van der Waals surface area contributed by atoms with Gasteiger partial charge >= 0.3 is 0 Å². The Morgan fingerprint density at radius 3 is 3.18 bits per heavy atom. The van der Waals surface area contributed by atoms with Crippen LogP contribution in [0.25, 0.3) is 0 Å². The van der Waals surface area contributed by atoms with Gasteiger partial charge in [0.25, 0.3) is 0 Å². The van der Waals surface area contributed by atoms with E-state index in [0.29, 0.717) is 31.1 Å². The summed E-state index contributed by atoms with van der Waals surface area (Å²) in [5.74, 6) is 0.608. The molecule has 1 saturated heterocycles. The van der Waals surface area contributed by atoms with Crippen molar-refractivity contribution in [2.45, 2.75) is 6.04 Å². The Labute approximate surface area is 104 Å². The summed E-state index contributed by atoms with van der Waals surface area (Å²) in [6.07, 6.45) is 0. The molecule has 90 valence electrons. The highest BCUT2D eigenvalue weighted by atomic mass is 35.5. The smallest absolute Gasteiger partial charge is 0.132 e. The highest BCUT2D eigenvalue weighted by Gasteiger charge is 2.24. The topological polar surface area (TPSA) is 69.4 Å². The first-order valence-electron chi connectivity index (χ1n) is 5.27. The third-order valence-corrected chi connectivity index (χ3v) is 2.84. The number of aliphatic hydroxyl groups excluding tert-OH is 1. The largest absolute Gasteiger partial charge is 0.394 e. The number of aliphatic hydroxyl groups is 1. The average Bonchev–Trinajstić information content (AvgIpc) is 2.37. The molecule has 0 spiro atoms. The Bertz CT molecular complexity index is 447. The molecule has 0 bridgehead atoms. The van der Waals surface area contributed by atoms with Crippen LogP contribution in [0.15, 0.2) is 12.1 Å². The number of pyridine rings is 1. The second-order valence-corrected chi connectivity index (χ2v) is 4.14. The molecule has 1 fully saturated rings. The number of hydrogen-bond donors (Lipinski definition) is 1. The Morgan fingerprint density at radius 1 is 1.65 bits per heavy atom. The Kier molecular flexibility index (Phi) is 3.79. The molecule has 1 aromatic rings.